The lowest BCUT2D eigenvalue weighted by Gasteiger charge is -2.33. The van der Waals surface area contributed by atoms with Crippen molar-refractivity contribution in [3.05, 3.63) is 18.0 Å². The molecule has 0 saturated heterocycles. The summed E-state index contributed by atoms with van der Waals surface area (Å²) in [4.78, 5) is 0. The number of aliphatic hydroxyl groups excluding tert-OH is 1. The van der Waals surface area contributed by atoms with E-state index in [9.17, 15) is 5.11 Å². The van der Waals surface area contributed by atoms with Crippen LogP contribution in [0.2, 0.25) is 0 Å². The van der Waals surface area contributed by atoms with Crippen LogP contribution in [-0.4, -0.2) is 28.1 Å². The van der Waals surface area contributed by atoms with E-state index in [0.29, 0.717) is 0 Å². The highest BCUT2D eigenvalue weighted by Crippen LogP contribution is 2.42. The first-order valence-electron chi connectivity index (χ1n) is 6.84. The topological polar surface area (TPSA) is 47.3 Å². The number of aliphatic hydroxyl groups is 1. The minimum atomic E-state index is -0.390. The van der Waals surface area contributed by atoms with Crippen LogP contribution < -0.4 is 4.74 Å². The number of rotatable bonds is 3. The fraction of sp³-hybridized carbons (Fsp3) is 0.667. The zero-order valence-electron chi connectivity index (χ0n) is 12.5. The second-order valence-corrected chi connectivity index (χ2v) is 6.40. The predicted octanol–water partition coefficient (Wildman–Crippen LogP) is 3.04. The Morgan fingerprint density at radius 2 is 2.16 bits per heavy atom. The first-order valence-corrected chi connectivity index (χ1v) is 6.84. The lowest BCUT2D eigenvalue weighted by atomic mass is 9.75. The fourth-order valence-corrected chi connectivity index (χ4v) is 2.86. The van der Waals surface area contributed by atoms with Crippen molar-refractivity contribution < 1.29 is 9.84 Å². The van der Waals surface area contributed by atoms with E-state index in [1.165, 1.54) is 0 Å². The molecule has 1 atom stereocenters. The van der Waals surface area contributed by atoms with E-state index in [2.05, 4.69) is 32.8 Å². The molecule has 0 aromatic carbocycles. The van der Waals surface area contributed by atoms with Crippen molar-refractivity contribution >= 4 is 5.57 Å². The van der Waals surface area contributed by atoms with E-state index in [0.717, 1.165) is 29.9 Å². The summed E-state index contributed by atoms with van der Waals surface area (Å²) in [5.74, 6) is 0.782. The number of aromatic nitrogens is 2. The highest BCUT2D eigenvalue weighted by atomic mass is 16.5. The lowest BCUT2D eigenvalue weighted by Crippen LogP contribution is -2.25. The van der Waals surface area contributed by atoms with Crippen LogP contribution in [0.1, 0.15) is 52.3 Å². The van der Waals surface area contributed by atoms with E-state index in [4.69, 9.17) is 4.74 Å². The quantitative estimate of drug-likeness (QED) is 0.912. The maximum absolute atomic E-state index is 10.1. The second kappa shape index (κ2) is 5.00. The molecule has 1 N–H and O–H groups in total. The smallest absolute Gasteiger partial charge is 0.164 e. The van der Waals surface area contributed by atoms with Crippen molar-refractivity contribution in [3.8, 4) is 5.75 Å². The van der Waals surface area contributed by atoms with Gasteiger partial charge in [0.25, 0.3) is 0 Å². The van der Waals surface area contributed by atoms with E-state index >= 15 is 0 Å². The highest BCUT2D eigenvalue weighted by Gasteiger charge is 2.31. The average molecular weight is 264 g/mol. The third-order valence-electron chi connectivity index (χ3n) is 3.60. The molecule has 106 valence electrons. The van der Waals surface area contributed by atoms with Crippen LogP contribution in [0, 0.1) is 5.41 Å². The molecule has 0 aliphatic heterocycles. The van der Waals surface area contributed by atoms with Crippen molar-refractivity contribution in [1.29, 1.82) is 0 Å². The standard InChI is InChI=1S/C15H24N2O2/c1-10(2)17-14(13(19-5)9-16-17)11-6-12(18)8-15(3,4)7-11/h6,9-10,12,18H,7-8H2,1-5H3. The molecule has 0 bridgehead atoms. The van der Waals surface area contributed by atoms with Gasteiger partial charge < -0.3 is 9.84 Å². The van der Waals surface area contributed by atoms with Gasteiger partial charge in [-0.25, -0.2) is 0 Å². The van der Waals surface area contributed by atoms with E-state index < -0.39 is 0 Å². The lowest BCUT2D eigenvalue weighted by molar-refractivity contribution is 0.146. The molecule has 1 aromatic rings. The van der Waals surface area contributed by atoms with Gasteiger partial charge in [-0.15, -0.1) is 0 Å². The molecule has 1 heterocycles. The summed E-state index contributed by atoms with van der Waals surface area (Å²) < 4.78 is 7.40. The summed E-state index contributed by atoms with van der Waals surface area (Å²) >= 11 is 0. The number of hydrogen-bond acceptors (Lipinski definition) is 3. The molecule has 1 aliphatic rings. The second-order valence-electron chi connectivity index (χ2n) is 6.40. The molecule has 4 heteroatoms. The number of nitrogens with zero attached hydrogens (tertiary/aromatic N) is 2. The summed E-state index contributed by atoms with van der Waals surface area (Å²) in [5, 5.41) is 14.5. The Morgan fingerprint density at radius 3 is 2.68 bits per heavy atom. The summed E-state index contributed by atoms with van der Waals surface area (Å²) in [5.41, 5.74) is 2.23. The Kier molecular flexibility index (Phi) is 3.72. The Balaban J connectivity index is 2.48. The van der Waals surface area contributed by atoms with E-state index in [1.807, 2.05) is 10.8 Å². The maximum Gasteiger partial charge on any atom is 0.164 e. The number of methoxy groups -OCH3 is 1. The van der Waals surface area contributed by atoms with Crippen LogP contribution >= 0.6 is 0 Å². The monoisotopic (exact) mass is 264 g/mol. The first-order chi connectivity index (χ1) is 8.84. The van der Waals surface area contributed by atoms with Crippen LogP contribution in [0.4, 0.5) is 0 Å². The zero-order chi connectivity index (χ0) is 14.2. The Morgan fingerprint density at radius 1 is 1.47 bits per heavy atom. The van der Waals surface area contributed by atoms with Gasteiger partial charge in [0.15, 0.2) is 5.75 Å². The van der Waals surface area contributed by atoms with Gasteiger partial charge in [-0.05, 0) is 37.7 Å². The summed E-state index contributed by atoms with van der Waals surface area (Å²) in [7, 11) is 1.66. The summed E-state index contributed by atoms with van der Waals surface area (Å²) in [6.45, 7) is 8.57. The van der Waals surface area contributed by atoms with Crippen LogP contribution in [0.5, 0.6) is 5.75 Å². The molecule has 0 fully saturated rings. The largest absolute Gasteiger partial charge is 0.493 e. The predicted molar refractivity (Wildman–Crippen MR) is 76.2 cm³/mol. The van der Waals surface area contributed by atoms with Gasteiger partial charge in [-0.1, -0.05) is 19.9 Å². The molecular formula is C15H24N2O2. The average Bonchev–Trinajstić information content (AvgIpc) is 2.69. The normalized spacial score (nSPS) is 22.5. The molecule has 2 rings (SSSR count). The van der Waals surface area contributed by atoms with Crippen LogP contribution in [0.3, 0.4) is 0 Å². The molecule has 1 unspecified atom stereocenters. The van der Waals surface area contributed by atoms with E-state index in [-0.39, 0.29) is 17.6 Å². The van der Waals surface area contributed by atoms with Crippen molar-refractivity contribution in [2.45, 2.75) is 52.7 Å². The van der Waals surface area contributed by atoms with Gasteiger partial charge in [-0.3, -0.25) is 4.68 Å². The van der Waals surface area contributed by atoms with Crippen molar-refractivity contribution in [2.24, 2.45) is 5.41 Å². The van der Waals surface area contributed by atoms with Gasteiger partial charge in [0, 0.05) is 6.04 Å². The first kappa shape index (κ1) is 14.1. The highest BCUT2D eigenvalue weighted by molar-refractivity contribution is 5.69. The van der Waals surface area contributed by atoms with Crippen molar-refractivity contribution in [2.75, 3.05) is 7.11 Å². The van der Waals surface area contributed by atoms with Gasteiger partial charge in [0.2, 0.25) is 0 Å². The number of allylic oxidation sites excluding steroid dienone is 1. The van der Waals surface area contributed by atoms with Crippen molar-refractivity contribution in [3.63, 3.8) is 0 Å². The SMILES string of the molecule is COc1cnn(C(C)C)c1C1=CC(O)CC(C)(C)C1. The molecule has 19 heavy (non-hydrogen) atoms. The molecule has 1 aromatic heterocycles. The summed E-state index contributed by atoms with van der Waals surface area (Å²) in [6, 6.07) is 0.266. The van der Waals surface area contributed by atoms with E-state index in [1.54, 1.807) is 13.3 Å². The fourth-order valence-electron chi connectivity index (χ4n) is 2.86. The number of hydrogen-bond donors (Lipinski definition) is 1. The molecule has 0 amide bonds. The third-order valence-corrected chi connectivity index (χ3v) is 3.60. The third kappa shape index (κ3) is 2.84. The molecule has 0 saturated carbocycles. The van der Waals surface area contributed by atoms with Crippen molar-refractivity contribution in [1.82, 2.24) is 9.78 Å². The molecular weight excluding hydrogens is 240 g/mol. The molecule has 0 radical (unpaired) electrons. The van der Waals surface area contributed by atoms with Gasteiger partial charge in [0.05, 0.1) is 19.4 Å². The maximum atomic E-state index is 10.1. The Labute approximate surface area is 115 Å². The van der Waals surface area contributed by atoms with Gasteiger partial charge in [-0.2, -0.15) is 5.10 Å². The summed E-state index contributed by atoms with van der Waals surface area (Å²) in [6.07, 6.45) is 5.04. The van der Waals surface area contributed by atoms with Crippen LogP contribution in [0.15, 0.2) is 12.3 Å². The minimum absolute atomic E-state index is 0.0978. The Bertz CT molecular complexity index is 486. The molecule has 0 spiro atoms. The molecule has 1 aliphatic carbocycles. The zero-order valence-corrected chi connectivity index (χ0v) is 12.5. The Hall–Kier alpha value is -1.29. The van der Waals surface area contributed by atoms with Crippen LogP contribution in [-0.2, 0) is 0 Å². The van der Waals surface area contributed by atoms with Gasteiger partial charge >= 0.3 is 0 Å². The minimum Gasteiger partial charge on any atom is -0.493 e. The number of ether oxygens (including phenoxy) is 1. The van der Waals surface area contributed by atoms with Gasteiger partial charge in [0.1, 0.15) is 5.69 Å². The molecule has 4 nitrogen and oxygen atoms in total. The van der Waals surface area contributed by atoms with Crippen LogP contribution in [0.25, 0.3) is 5.57 Å².